The van der Waals surface area contributed by atoms with Crippen molar-refractivity contribution in [1.82, 2.24) is 0 Å². The van der Waals surface area contributed by atoms with Crippen LogP contribution in [0.4, 0.5) is 10.7 Å². The van der Waals surface area contributed by atoms with Crippen LogP contribution in [-0.4, -0.2) is 4.92 Å². The molecule has 5 nitrogen and oxygen atoms in total. The number of nitriles is 1. The molecule has 2 aromatic rings. The van der Waals surface area contributed by atoms with Gasteiger partial charge in [-0.25, -0.2) is 0 Å². The second-order valence-electron chi connectivity index (χ2n) is 3.42. The number of halogens is 1. The fraction of sp³-hybridized carbons (Fsp3) is 0. The lowest BCUT2D eigenvalue weighted by molar-refractivity contribution is -0.384. The monoisotopic (exact) mass is 279 g/mol. The molecule has 0 saturated heterocycles. The second kappa shape index (κ2) is 4.64. The number of hydrogen-bond acceptors (Lipinski definition) is 5. The van der Waals surface area contributed by atoms with Crippen LogP contribution < -0.4 is 5.73 Å². The maximum Gasteiger partial charge on any atom is 0.270 e. The second-order valence-corrected chi connectivity index (χ2v) is 4.74. The number of nitrogen functional groups attached to an aromatic ring is 1. The van der Waals surface area contributed by atoms with Crippen molar-refractivity contribution in [2.75, 3.05) is 5.73 Å². The third-order valence-electron chi connectivity index (χ3n) is 2.38. The fourth-order valence-corrected chi connectivity index (χ4v) is 2.56. The molecular weight excluding hydrogens is 274 g/mol. The first-order valence-corrected chi connectivity index (χ1v) is 6.01. The van der Waals surface area contributed by atoms with Crippen LogP contribution in [0.2, 0.25) is 5.02 Å². The summed E-state index contributed by atoms with van der Waals surface area (Å²) in [6, 6.07) is 6.12. The van der Waals surface area contributed by atoms with Crippen LogP contribution in [0, 0.1) is 21.4 Å². The van der Waals surface area contributed by atoms with Gasteiger partial charge in [-0.15, -0.1) is 11.3 Å². The molecule has 2 rings (SSSR count). The van der Waals surface area contributed by atoms with E-state index in [0.717, 1.165) is 0 Å². The van der Waals surface area contributed by atoms with E-state index in [0.29, 0.717) is 21.7 Å². The quantitative estimate of drug-likeness (QED) is 0.673. The van der Waals surface area contributed by atoms with Crippen LogP contribution in [0.5, 0.6) is 0 Å². The molecule has 1 aromatic heterocycles. The van der Waals surface area contributed by atoms with Gasteiger partial charge in [0.05, 0.1) is 15.5 Å². The minimum atomic E-state index is -0.525. The van der Waals surface area contributed by atoms with Crippen molar-refractivity contribution in [3.05, 3.63) is 44.3 Å². The normalized spacial score (nSPS) is 10.0. The average Bonchev–Trinajstić information content (AvgIpc) is 2.70. The molecule has 0 aliphatic rings. The van der Waals surface area contributed by atoms with Gasteiger partial charge in [0, 0.05) is 28.6 Å². The van der Waals surface area contributed by atoms with Crippen LogP contribution in [0.25, 0.3) is 11.1 Å². The van der Waals surface area contributed by atoms with Gasteiger partial charge in [-0.3, -0.25) is 10.1 Å². The largest absolute Gasteiger partial charge is 0.389 e. The molecule has 18 heavy (non-hydrogen) atoms. The van der Waals surface area contributed by atoms with Gasteiger partial charge in [0.25, 0.3) is 5.69 Å². The first kappa shape index (κ1) is 12.4. The van der Waals surface area contributed by atoms with Gasteiger partial charge in [-0.05, 0) is 6.07 Å². The maximum atomic E-state index is 10.6. The number of anilines is 1. The molecule has 90 valence electrons. The fourth-order valence-electron chi connectivity index (χ4n) is 1.52. The molecule has 0 atom stereocenters. The SMILES string of the molecule is N#Cc1c(-c2ccc([N+](=O)[O-])cc2Cl)csc1N. The number of rotatable bonds is 2. The molecule has 0 unspecified atom stereocenters. The van der Waals surface area contributed by atoms with Crippen LogP contribution in [-0.2, 0) is 0 Å². The van der Waals surface area contributed by atoms with Gasteiger partial charge < -0.3 is 5.73 Å². The van der Waals surface area contributed by atoms with Gasteiger partial charge in [-0.1, -0.05) is 11.6 Å². The summed E-state index contributed by atoms with van der Waals surface area (Å²) in [6.45, 7) is 0. The average molecular weight is 280 g/mol. The molecular formula is C11H6ClN3O2S. The summed E-state index contributed by atoms with van der Waals surface area (Å²) in [5.74, 6) is 0. The Kier molecular flexibility index (Phi) is 3.19. The lowest BCUT2D eigenvalue weighted by Crippen LogP contribution is -1.90. The molecule has 0 aliphatic carbocycles. The van der Waals surface area contributed by atoms with Gasteiger partial charge in [0.1, 0.15) is 11.1 Å². The Morgan fingerprint density at radius 3 is 2.72 bits per heavy atom. The zero-order valence-electron chi connectivity index (χ0n) is 8.88. The minimum absolute atomic E-state index is 0.0922. The summed E-state index contributed by atoms with van der Waals surface area (Å²) < 4.78 is 0. The Balaban J connectivity index is 2.59. The van der Waals surface area contributed by atoms with Crippen molar-refractivity contribution in [3.63, 3.8) is 0 Å². The Morgan fingerprint density at radius 1 is 1.44 bits per heavy atom. The van der Waals surface area contributed by atoms with E-state index < -0.39 is 4.92 Å². The van der Waals surface area contributed by atoms with Crippen molar-refractivity contribution >= 4 is 33.6 Å². The molecule has 0 aliphatic heterocycles. The van der Waals surface area contributed by atoms with Crippen molar-refractivity contribution in [2.45, 2.75) is 0 Å². The molecule has 0 amide bonds. The summed E-state index contributed by atoms with van der Waals surface area (Å²) in [7, 11) is 0. The van der Waals surface area contributed by atoms with E-state index in [1.165, 1.54) is 29.5 Å². The number of thiophene rings is 1. The number of nitrogens with zero attached hydrogens (tertiary/aromatic N) is 2. The number of nitro benzene ring substituents is 1. The summed E-state index contributed by atoms with van der Waals surface area (Å²) in [6.07, 6.45) is 0. The highest BCUT2D eigenvalue weighted by Gasteiger charge is 2.16. The Morgan fingerprint density at radius 2 is 2.17 bits per heavy atom. The zero-order chi connectivity index (χ0) is 13.3. The summed E-state index contributed by atoms with van der Waals surface area (Å²) in [5, 5.41) is 21.9. The Hall–Kier alpha value is -2.10. The number of nitrogens with two attached hydrogens (primary N) is 1. The predicted molar refractivity (Wildman–Crippen MR) is 70.5 cm³/mol. The molecule has 1 aromatic carbocycles. The lowest BCUT2D eigenvalue weighted by atomic mass is 10.0. The number of hydrogen-bond donors (Lipinski definition) is 1. The van der Waals surface area contributed by atoms with Crippen molar-refractivity contribution in [1.29, 1.82) is 5.26 Å². The van der Waals surface area contributed by atoms with E-state index in [1.54, 1.807) is 5.38 Å². The molecule has 1 heterocycles. The summed E-state index contributed by atoms with van der Waals surface area (Å²) in [5.41, 5.74) is 7.07. The minimum Gasteiger partial charge on any atom is -0.389 e. The van der Waals surface area contributed by atoms with E-state index in [4.69, 9.17) is 22.6 Å². The van der Waals surface area contributed by atoms with E-state index in [2.05, 4.69) is 0 Å². The third kappa shape index (κ3) is 2.01. The topological polar surface area (TPSA) is 92.9 Å². The number of benzene rings is 1. The standard InChI is InChI=1S/C11H6ClN3O2S/c12-10-3-6(15(16)17)1-2-7(10)9-5-18-11(14)8(9)4-13/h1-3,5H,14H2. The molecule has 0 saturated carbocycles. The molecule has 0 fully saturated rings. The third-order valence-corrected chi connectivity index (χ3v) is 3.51. The molecule has 7 heteroatoms. The summed E-state index contributed by atoms with van der Waals surface area (Å²) in [4.78, 5) is 10.1. The van der Waals surface area contributed by atoms with Crippen molar-refractivity contribution in [2.24, 2.45) is 0 Å². The first-order valence-electron chi connectivity index (χ1n) is 4.76. The summed E-state index contributed by atoms with van der Waals surface area (Å²) >= 11 is 7.23. The molecule has 0 spiro atoms. The maximum absolute atomic E-state index is 10.6. The highest BCUT2D eigenvalue weighted by molar-refractivity contribution is 7.14. The molecule has 0 radical (unpaired) electrons. The lowest BCUT2D eigenvalue weighted by Gasteiger charge is -2.02. The van der Waals surface area contributed by atoms with Gasteiger partial charge in [-0.2, -0.15) is 5.26 Å². The van der Waals surface area contributed by atoms with Crippen molar-refractivity contribution in [3.8, 4) is 17.2 Å². The van der Waals surface area contributed by atoms with Gasteiger partial charge in [0.2, 0.25) is 0 Å². The van der Waals surface area contributed by atoms with E-state index >= 15 is 0 Å². The Bertz CT molecular complexity index is 675. The van der Waals surface area contributed by atoms with Crippen LogP contribution in [0.3, 0.4) is 0 Å². The predicted octanol–water partition coefficient (Wildman–Crippen LogP) is 3.43. The van der Waals surface area contributed by atoms with E-state index in [1.807, 2.05) is 6.07 Å². The van der Waals surface area contributed by atoms with Crippen LogP contribution >= 0.6 is 22.9 Å². The molecule has 2 N–H and O–H groups in total. The van der Waals surface area contributed by atoms with E-state index in [-0.39, 0.29) is 10.7 Å². The van der Waals surface area contributed by atoms with Gasteiger partial charge in [0.15, 0.2) is 0 Å². The smallest absolute Gasteiger partial charge is 0.270 e. The van der Waals surface area contributed by atoms with Crippen molar-refractivity contribution < 1.29 is 4.92 Å². The molecule has 0 bridgehead atoms. The highest BCUT2D eigenvalue weighted by Crippen LogP contribution is 2.37. The van der Waals surface area contributed by atoms with Crippen LogP contribution in [0.15, 0.2) is 23.6 Å². The highest BCUT2D eigenvalue weighted by atomic mass is 35.5. The Labute approximate surface area is 111 Å². The number of nitro groups is 1. The van der Waals surface area contributed by atoms with Gasteiger partial charge >= 0.3 is 0 Å². The number of non-ortho nitro benzene ring substituents is 1. The van der Waals surface area contributed by atoms with Crippen LogP contribution in [0.1, 0.15) is 5.56 Å². The zero-order valence-corrected chi connectivity index (χ0v) is 10.5. The van der Waals surface area contributed by atoms with E-state index in [9.17, 15) is 10.1 Å². The first-order chi connectivity index (χ1) is 8.54.